The Kier molecular flexibility index (Phi) is 4.13. The highest BCUT2D eigenvalue weighted by Gasteiger charge is 2.05. The quantitative estimate of drug-likeness (QED) is 0.831. The third-order valence-corrected chi connectivity index (χ3v) is 3.14. The Morgan fingerprint density at radius 2 is 1.93 bits per heavy atom. The molecule has 0 atom stereocenters. The molecule has 1 N–H and O–H groups in total. The monoisotopic (exact) mass is 319 g/mol. The van der Waals surface area contributed by atoms with Gasteiger partial charge in [-0.3, -0.25) is 4.79 Å². The minimum absolute atomic E-state index is 0.0473. The number of carbonyl (C=O) groups is 1. The molecule has 1 aromatic carbocycles. The van der Waals surface area contributed by atoms with E-state index in [1.165, 1.54) is 5.56 Å². The molecule has 0 aliphatic carbocycles. The van der Waals surface area contributed by atoms with Crippen molar-refractivity contribution >= 4 is 43.5 Å². The molecule has 1 aromatic rings. The second-order valence-electron chi connectivity index (χ2n) is 3.10. The lowest BCUT2D eigenvalue weighted by atomic mass is 10.1. The highest BCUT2D eigenvalue weighted by molar-refractivity contribution is 9.10. The van der Waals surface area contributed by atoms with E-state index in [0.29, 0.717) is 5.33 Å². The average Bonchev–Trinajstić information content (AvgIpc) is 2.14. The van der Waals surface area contributed by atoms with Crippen LogP contribution in [0.25, 0.3) is 0 Å². The van der Waals surface area contributed by atoms with E-state index in [1.807, 2.05) is 26.0 Å². The number of hydrogen-bond donors (Lipinski definition) is 1. The van der Waals surface area contributed by atoms with Gasteiger partial charge in [0.05, 0.1) is 11.0 Å². The van der Waals surface area contributed by atoms with Gasteiger partial charge in [-0.1, -0.05) is 15.9 Å². The van der Waals surface area contributed by atoms with Crippen molar-refractivity contribution < 1.29 is 4.79 Å². The zero-order valence-corrected chi connectivity index (χ0v) is 11.2. The van der Waals surface area contributed by atoms with Crippen molar-refractivity contribution in [2.75, 3.05) is 10.6 Å². The lowest BCUT2D eigenvalue weighted by Gasteiger charge is -2.09. The van der Waals surface area contributed by atoms with Crippen LogP contribution in [0.4, 0.5) is 5.69 Å². The summed E-state index contributed by atoms with van der Waals surface area (Å²) in [7, 11) is 0. The molecular formula is C10H11Br2NO. The first kappa shape index (κ1) is 11.7. The van der Waals surface area contributed by atoms with Crippen molar-refractivity contribution in [2.45, 2.75) is 13.8 Å². The Hall–Kier alpha value is -0.350. The second-order valence-corrected chi connectivity index (χ2v) is 4.51. The van der Waals surface area contributed by atoms with E-state index < -0.39 is 0 Å². The van der Waals surface area contributed by atoms with Gasteiger partial charge in [-0.05, 0) is 53.0 Å². The largest absolute Gasteiger partial charge is 0.324 e. The fraction of sp³-hybridized carbons (Fsp3) is 0.300. The first-order valence-corrected chi connectivity index (χ1v) is 6.08. The van der Waals surface area contributed by atoms with Crippen molar-refractivity contribution in [3.05, 3.63) is 27.7 Å². The Labute approximate surface area is 100 Å². The highest BCUT2D eigenvalue weighted by atomic mass is 79.9. The normalized spacial score (nSPS) is 10.0. The summed E-state index contributed by atoms with van der Waals surface area (Å²) in [5.74, 6) is -0.0473. The second kappa shape index (κ2) is 4.94. The SMILES string of the molecule is Cc1cc(Br)c(NC(=O)CBr)cc1C. The van der Waals surface area contributed by atoms with Crippen LogP contribution in [0.1, 0.15) is 11.1 Å². The van der Waals surface area contributed by atoms with Crippen LogP contribution >= 0.6 is 31.9 Å². The minimum atomic E-state index is -0.0473. The number of nitrogens with one attached hydrogen (secondary N) is 1. The molecular weight excluding hydrogens is 310 g/mol. The van der Waals surface area contributed by atoms with Crippen LogP contribution in [0, 0.1) is 13.8 Å². The van der Waals surface area contributed by atoms with Gasteiger partial charge in [0.15, 0.2) is 0 Å². The maximum Gasteiger partial charge on any atom is 0.235 e. The van der Waals surface area contributed by atoms with Crippen LogP contribution < -0.4 is 5.32 Å². The molecule has 2 nitrogen and oxygen atoms in total. The number of alkyl halides is 1. The van der Waals surface area contributed by atoms with Crippen LogP contribution in [-0.2, 0) is 4.79 Å². The molecule has 0 spiro atoms. The molecule has 76 valence electrons. The summed E-state index contributed by atoms with van der Waals surface area (Å²) in [6.45, 7) is 4.06. The van der Waals surface area contributed by atoms with Gasteiger partial charge in [0, 0.05) is 4.47 Å². The van der Waals surface area contributed by atoms with Gasteiger partial charge < -0.3 is 5.32 Å². The zero-order valence-electron chi connectivity index (χ0n) is 8.03. The van der Waals surface area contributed by atoms with Crippen molar-refractivity contribution in [1.82, 2.24) is 0 Å². The van der Waals surface area contributed by atoms with Crippen molar-refractivity contribution in [3.63, 3.8) is 0 Å². The molecule has 0 fully saturated rings. The van der Waals surface area contributed by atoms with E-state index in [-0.39, 0.29) is 5.91 Å². The van der Waals surface area contributed by atoms with Crippen LogP contribution in [-0.4, -0.2) is 11.2 Å². The number of aryl methyl sites for hydroxylation is 2. The molecule has 0 radical (unpaired) electrons. The number of carbonyl (C=O) groups excluding carboxylic acids is 1. The fourth-order valence-electron chi connectivity index (χ4n) is 1.06. The van der Waals surface area contributed by atoms with Gasteiger partial charge in [-0.25, -0.2) is 0 Å². The predicted octanol–water partition coefficient (Wildman–Crippen LogP) is 3.40. The van der Waals surface area contributed by atoms with Crippen molar-refractivity contribution in [1.29, 1.82) is 0 Å². The molecule has 0 saturated heterocycles. The third-order valence-electron chi connectivity index (χ3n) is 1.98. The first-order valence-electron chi connectivity index (χ1n) is 4.17. The van der Waals surface area contributed by atoms with Crippen LogP contribution in [0.3, 0.4) is 0 Å². The summed E-state index contributed by atoms with van der Waals surface area (Å²) in [5, 5.41) is 3.11. The van der Waals surface area contributed by atoms with Crippen LogP contribution in [0.2, 0.25) is 0 Å². The molecule has 0 heterocycles. The maximum absolute atomic E-state index is 11.2. The molecule has 0 aromatic heterocycles. The zero-order chi connectivity index (χ0) is 10.7. The number of hydrogen-bond acceptors (Lipinski definition) is 1. The van der Waals surface area contributed by atoms with Crippen molar-refractivity contribution in [2.24, 2.45) is 0 Å². The van der Waals surface area contributed by atoms with E-state index in [4.69, 9.17) is 0 Å². The van der Waals surface area contributed by atoms with Crippen LogP contribution in [0.15, 0.2) is 16.6 Å². The molecule has 0 aliphatic heterocycles. The van der Waals surface area contributed by atoms with E-state index in [2.05, 4.69) is 37.2 Å². The maximum atomic E-state index is 11.2. The number of amides is 1. The summed E-state index contributed by atoms with van der Waals surface area (Å²) in [5.41, 5.74) is 3.18. The first-order chi connectivity index (χ1) is 6.54. The third kappa shape index (κ3) is 2.82. The topological polar surface area (TPSA) is 29.1 Å². The van der Waals surface area contributed by atoms with Gasteiger partial charge in [0.25, 0.3) is 0 Å². The average molecular weight is 321 g/mol. The van der Waals surface area contributed by atoms with Gasteiger partial charge in [-0.2, -0.15) is 0 Å². The fourth-order valence-corrected chi connectivity index (χ4v) is 1.76. The molecule has 0 bridgehead atoms. The van der Waals surface area contributed by atoms with Gasteiger partial charge in [0.2, 0.25) is 5.91 Å². The molecule has 14 heavy (non-hydrogen) atoms. The Morgan fingerprint density at radius 3 is 2.50 bits per heavy atom. The van der Waals surface area contributed by atoms with Gasteiger partial charge in [0.1, 0.15) is 0 Å². The summed E-state index contributed by atoms with van der Waals surface area (Å²) in [4.78, 5) is 11.2. The summed E-state index contributed by atoms with van der Waals surface area (Å²) >= 11 is 6.51. The Bertz CT molecular complexity index is 363. The molecule has 1 amide bonds. The highest BCUT2D eigenvalue weighted by Crippen LogP contribution is 2.25. The van der Waals surface area contributed by atoms with E-state index in [9.17, 15) is 4.79 Å². The summed E-state index contributed by atoms with van der Waals surface area (Å²) in [6, 6.07) is 3.96. The molecule has 4 heteroatoms. The van der Waals surface area contributed by atoms with E-state index >= 15 is 0 Å². The molecule has 1 rings (SSSR count). The summed E-state index contributed by atoms with van der Waals surface area (Å²) in [6.07, 6.45) is 0. The van der Waals surface area contributed by atoms with E-state index in [0.717, 1.165) is 15.7 Å². The van der Waals surface area contributed by atoms with Crippen LogP contribution in [0.5, 0.6) is 0 Å². The lowest BCUT2D eigenvalue weighted by Crippen LogP contribution is -2.12. The Balaban J connectivity index is 2.98. The molecule has 0 aliphatic rings. The Morgan fingerprint density at radius 1 is 1.36 bits per heavy atom. The van der Waals surface area contributed by atoms with Gasteiger partial charge in [-0.15, -0.1) is 0 Å². The molecule has 0 unspecified atom stereocenters. The lowest BCUT2D eigenvalue weighted by molar-refractivity contribution is -0.113. The predicted molar refractivity (Wildman–Crippen MR) is 66.0 cm³/mol. The number of halogens is 2. The van der Waals surface area contributed by atoms with Crippen molar-refractivity contribution in [3.8, 4) is 0 Å². The number of anilines is 1. The van der Waals surface area contributed by atoms with E-state index in [1.54, 1.807) is 0 Å². The van der Waals surface area contributed by atoms with Gasteiger partial charge >= 0.3 is 0 Å². The number of benzene rings is 1. The smallest absolute Gasteiger partial charge is 0.235 e. The standard InChI is InChI=1S/C10H11Br2NO/c1-6-3-8(12)9(4-7(6)2)13-10(14)5-11/h3-4H,5H2,1-2H3,(H,13,14). The molecule has 0 saturated carbocycles. The minimum Gasteiger partial charge on any atom is -0.324 e. The number of rotatable bonds is 2. The summed E-state index contributed by atoms with van der Waals surface area (Å²) < 4.78 is 0.912.